The molecule has 2 rings (SSSR count). The molecule has 2 aliphatic carbocycles. The van der Waals surface area contributed by atoms with Crippen molar-refractivity contribution in [3.05, 3.63) is 0 Å². The molecule has 0 heterocycles. The van der Waals surface area contributed by atoms with Crippen molar-refractivity contribution < 1.29 is 5.11 Å². The SMILES string of the molecule is OC[C@@H]1CCC1C1CC1. The van der Waals surface area contributed by atoms with Gasteiger partial charge in [-0.25, -0.2) is 0 Å². The zero-order valence-corrected chi connectivity index (χ0v) is 5.71. The Labute approximate surface area is 56.1 Å². The molecule has 0 aromatic heterocycles. The van der Waals surface area contributed by atoms with Crippen molar-refractivity contribution in [3.63, 3.8) is 0 Å². The third-order valence-corrected chi connectivity index (χ3v) is 2.94. The van der Waals surface area contributed by atoms with Crippen LogP contribution >= 0.6 is 0 Å². The first kappa shape index (κ1) is 5.72. The summed E-state index contributed by atoms with van der Waals surface area (Å²) in [6, 6.07) is 0. The number of hydrogen-bond donors (Lipinski definition) is 1. The van der Waals surface area contributed by atoms with E-state index in [-0.39, 0.29) is 0 Å². The average Bonchev–Trinajstić information content (AvgIpc) is 2.48. The number of rotatable bonds is 2. The summed E-state index contributed by atoms with van der Waals surface area (Å²) in [5.74, 6) is 2.64. The van der Waals surface area contributed by atoms with Gasteiger partial charge in [0.25, 0.3) is 0 Å². The predicted octanol–water partition coefficient (Wildman–Crippen LogP) is 1.41. The van der Waals surface area contributed by atoms with Crippen LogP contribution in [0.4, 0.5) is 0 Å². The van der Waals surface area contributed by atoms with Crippen LogP contribution < -0.4 is 0 Å². The highest BCUT2D eigenvalue weighted by molar-refractivity contribution is 4.91. The third kappa shape index (κ3) is 0.877. The second-order valence-electron chi connectivity index (χ2n) is 3.52. The highest BCUT2D eigenvalue weighted by atomic mass is 16.3. The van der Waals surface area contributed by atoms with Crippen molar-refractivity contribution in [2.75, 3.05) is 6.61 Å². The first-order valence-corrected chi connectivity index (χ1v) is 4.02. The quantitative estimate of drug-likeness (QED) is 0.593. The molecule has 2 atom stereocenters. The summed E-state index contributed by atoms with van der Waals surface area (Å²) < 4.78 is 0. The van der Waals surface area contributed by atoms with Gasteiger partial charge in [-0.15, -0.1) is 0 Å². The molecule has 2 fully saturated rings. The van der Waals surface area contributed by atoms with Gasteiger partial charge in [0.2, 0.25) is 0 Å². The van der Waals surface area contributed by atoms with Crippen LogP contribution in [-0.2, 0) is 0 Å². The number of aliphatic hydroxyl groups is 1. The molecule has 0 bridgehead atoms. The molecule has 0 aromatic rings. The lowest BCUT2D eigenvalue weighted by Crippen LogP contribution is -2.30. The van der Waals surface area contributed by atoms with Gasteiger partial charge < -0.3 is 5.11 Å². The molecule has 2 saturated carbocycles. The molecule has 0 amide bonds. The van der Waals surface area contributed by atoms with E-state index in [0.29, 0.717) is 12.5 Å². The normalized spacial score (nSPS) is 42.3. The summed E-state index contributed by atoms with van der Waals surface area (Å²) in [4.78, 5) is 0. The van der Waals surface area contributed by atoms with Gasteiger partial charge in [-0.2, -0.15) is 0 Å². The van der Waals surface area contributed by atoms with Crippen molar-refractivity contribution in [1.29, 1.82) is 0 Å². The van der Waals surface area contributed by atoms with Gasteiger partial charge in [0.05, 0.1) is 0 Å². The lowest BCUT2D eigenvalue weighted by molar-refractivity contribution is 0.0762. The molecule has 0 aromatic carbocycles. The Kier molecular flexibility index (Phi) is 1.26. The molecule has 0 aliphatic heterocycles. The Balaban J connectivity index is 1.83. The van der Waals surface area contributed by atoms with Crippen molar-refractivity contribution in [1.82, 2.24) is 0 Å². The standard InChI is InChI=1S/C8H14O/c9-5-7-3-4-8(7)6-1-2-6/h6-9H,1-5H2/t7-,8?/m0/s1. The van der Waals surface area contributed by atoms with E-state index < -0.39 is 0 Å². The van der Waals surface area contributed by atoms with Crippen LogP contribution in [0.15, 0.2) is 0 Å². The number of hydrogen-bond acceptors (Lipinski definition) is 1. The Morgan fingerprint density at radius 2 is 1.89 bits per heavy atom. The van der Waals surface area contributed by atoms with Crippen LogP contribution in [0.3, 0.4) is 0 Å². The molecular weight excluding hydrogens is 112 g/mol. The summed E-state index contributed by atoms with van der Waals surface area (Å²) in [6.45, 7) is 0.446. The van der Waals surface area contributed by atoms with Gasteiger partial charge in [0.15, 0.2) is 0 Å². The van der Waals surface area contributed by atoms with Gasteiger partial charge in [-0.1, -0.05) is 0 Å². The summed E-state index contributed by atoms with van der Waals surface area (Å²) in [5.41, 5.74) is 0. The Bertz CT molecular complexity index is 105. The molecule has 1 unspecified atom stereocenters. The van der Waals surface area contributed by atoms with Gasteiger partial charge in [0.1, 0.15) is 0 Å². The first-order valence-electron chi connectivity index (χ1n) is 4.02. The van der Waals surface area contributed by atoms with Crippen molar-refractivity contribution in [2.24, 2.45) is 17.8 Å². The lowest BCUT2D eigenvalue weighted by atomic mass is 9.71. The van der Waals surface area contributed by atoms with Crippen molar-refractivity contribution in [3.8, 4) is 0 Å². The van der Waals surface area contributed by atoms with E-state index >= 15 is 0 Å². The Morgan fingerprint density at radius 1 is 1.11 bits per heavy atom. The fraction of sp³-hybridized carbons (Fsp3) is 1.00. The van der Waals surface area contributed by atoms with E-state index in [2.05, 4.69) is 0 Å². The molecular formula is C8H14O. The highest BCUT2D eigenvalue weighted by Crippen LogP contribution is 2.49. The van der Waals surface area contributed by atoms with E-state index in [0.717, 1.165) is 11.8 Å². The van der Waals surface area contributed by atoms with E-state index in [9.17, 15) is 0 Å². The summed E-state index contributed by atoms with van der Waals surface area (Å²) in [7, 11) is 0. The summed E-state index contributed by atoms with van der Waals surface area (Å²) in [5, 5.41) is 8.83. The topological polar surface area (TPSA) is 20.2 Å². The minimum absolute atomic E-state index is 0.446. The van der Waals surface area contributed by atoms with E-state index in [1.807, 2.05) is 0 Å². The van der Waals surface area contributed by atoms with Gasteiger partial charge in [-0.3, -0.25) is 0 Å². The van der Waals surface area contributed by atoms with E-state index in [4.69, 9.17) is 5.11 Å². The maximum Gasteiger partial charge on any atom is 0.0462 e. The minimum atomic E-state index is 0.446. The molecule has 1 nitrogen and oxygen atoms in total. The molecule has 2 aliphatic rings. The van der Waals surface area contributed by atoms with E-state index in [1.54, 1.807) is 0 Å². The third-order valence-electron chi connectivity index (χ3n) is 2.94. The van der Waals surface area contributed by atoms with Crippen molar-refractivity contribution >= 4 is 0 Å². The van der Waals surface area contributed by atoms with Crippen LogP contribution in [0.1, 0.15) is 25.7 Å². The van der Waals surface area contributed by atoms with Crippen LogP contribution in [-0.4, -0.2) is 11.7 Å². The van der Waals surface area contributed by atoms with Gasteiger partial charge >= 0.3 is 0 Å². The highest BCUT2D eigenvalue weighted by Gasteiger charge is 2.41. The smallest absolute Gasteiger partial charge is 0.0462 e. The molecule has 52 valence electrons. The molecule has 9 heavy (non-hydrogen) atoms. The second-order valence-corrected chi connectivity index (χ2v) is 3.52. The fourth-order valence-electron chi connectivity index (χ4n) is 1.97. The lowest BCUT2D eigenvalue weighted by Gasteiger charge is -2.35. The average molecular weight is 126 g/mol. The fourth-order valence-corrected chi connectivity index (χ4v) is 1.97. The Hall–Kier alpha value is -0.0400. The van der Waals surface area contributed by atoms with Crippen LogP contribution in [0.25, 0.3) is 0 Å². The summed E-state index contributed by atoms with van der Waals surface area (Å²) in [6.07, 6.45) is 5.58. The van der Waals surface area contributed by atoms with Crippen LogP contribution in [0, 0.1) is 17.8 Å². The maximum atomic E-state index is 8.83. The largest absolute Gasteiger partial charge is 0.396 e. The van der Waals surface area contributed by atoms with Gasteiger partial charge in [0, 0.05) is 6.61 Å². The first-order chi connectivity index (χ1) is 4.42. The molecule has 0 spiro atoms. The maximum absolute atomic E-state index is 8.83. The number of aliphatic hydroxyl groups excluding tert-OH is 1. The minimum Gasteiger partial charge on any atom is -0.396 e. The predicted molar refractivity (Wildman–Crippen MR) is 36.0 cm³/mol. The van der Waals surface area contributed by atoms with Gasteiger partial charge in [-0.05, 0) is 43.4 Å². The molecule has 1 N–H and O–H groups in total. The molecule has 0 radical (unpaired) electrons. The van der Waals surface area contributed by atoms with Crippen LogP contribution in [0.2, 0.25) is 0 Å². The molecule has 1 heteroatoms. The zero-order valence-electron chi connectivity index (χ0n) is 5.71. The second kappa shape index (κ2) is 1.98. The van der Waals surface area contributed by atoms with Crippen molar-refractivity contribution in [2.45, 2.75) is 25.7 Å². The zero-order chi connectivity index (χ0) is 6.27. The molecule has 0 saturated heterocycles. The van der Waals surface area contributed by atoms with Crippen LogP contribution in [0.5, 0.6) is 0 Å². The van der Waals surface area contributed by atoms with E-state index in [1.165, 1.54) is 25.7 Å². The summed E-state index contributed by atoms with van der Waals surface area (Å²) >= 11 is 0. The monoisotopic (exact) mass is 126 g/mol. The Morgan fingerprint density at radius 3 is 2.22 bits per heavy atom.